The van der Waals surface area contributed by atoms with E-state index in [-0.39, 0.29) is 6.29 Å². The number of amides is 1. The van der Waals surface area contributed by atoms with E-state index < -0.39 is 0 Å². The van der Waals surface area contributed by atoms with Crippen molar-refractivity contribution < 1.29 is 14.4 Å². The Morgan fingerprint density at radius 2 is 2.17 bits per heavy atom. The van der Waals surface area contributed by atoms with Gasteiger partial charge in [-0.25, -0.2) is 9.90 Å². The Kier molecular flexibility index (Phi) is 5.16. The molecule has 1 aromatic rings. The Balaban J connectivity index is 1.88. The third-order valence-corrected chi connectivity index (χ3v) is 3.29. The lowest BCUT2D eigenvalue weighted by molar-refractivity contribution is -0.277. The number of rotatable bonds is 5. The molecule has 0 aromatic heterocycles. The van der Waals surface area contributed by atoms with Crippen molar-refractivity contribution in [2.45, 2.75) is 32.1 Å². The molecule has 1 aliphatic rings. The Morgan fingerprint density at radius 1 is 1.39 bits per heavy atom. The van der Waals surface area contributed by atoms with Gasteiger partial charge in [-0.15, -0.1) is 0 Å². The molecule has 0 bridgehead atoms. The van der Waals surface area contributed by atoms with Crippen molar-refractivity contribution in [3.8, 4) is 0 Å². The van der Waals surface area contributed by atoms with Crippen LogP contribution in [0.1, 0.15) is 24.8 Å². The molecular weight excluding hydrogens is 298 g/mol. The predicted molar refractivity (Wildman–Crippen MR) is 70.4 cm³/mol. The summed E-state index contributed by atoms with van der Waals surface area (Å²) in [4.78, 5) is 16.5. The summed E-state index contributed by atoms with van der Waals surface area (Å²) in [5.41, 5.74) is 1.01. The second-order valence-corrected chi connectivity index (χ2v) is 5.12. The minimum atomic E-state index is -0.292. The molecule has 0 aliphatic carbocycles. The first-order chi connectivity index (χ1) is 8.78. The first-order valence-electron chi connectivity index (χ1n) is 6.02. The van der Waals surface area contributed by atoms with E-state index in [1.165, 1.54) is 5.06 Å². The van der Waals surface area contributed by atoms with Crippen molar-refractivity contribution in [2.24, 2.45) is 0 Å². The van der Waals surface area contributed by atoms with Crippen molar-refractivity contribution in [1.82, 2.24) is 5.06 Å². The summed E-state index contributed by atoms with van der Waals surface area (Å²) < 4.78 is 6.45. The maximum atomic E-state index is 11.0. The zero-order chi connectivity index (χ0) is 12.8. The standard InChI is InChI=1S/C13H16BrNO3/c14-12-6-4-11(5-7-12)9-15(10-16)18-13-3-1-2-8-17-13/h4-7,10,13H,1-3,8-9H2. The van der Waals surface area contributed by atoms with E-state index in [0.29, 0.717) is 19.6 Å². The minimum Gasteiger partial charge on any atom is -0.350 e. The van der Waals surface area contributed by atoms with Crippen LogP contribution < -0.4 is 0 Å². The van der Waals surface area contributed by atoms with E-state index in [9.17, 15) is 4.79 Å². The largest absolute Gasteiger partial charge is 0.350 e. The molecule has 0 radical (unpaired) electrons. The predicted octanol–water partition coefficient (Wildman–Crippen LogP) is 2.87. The molecular formula is C13H16BrNO3. The van der Waals surface area contributed by atoms with Crippen molar-refractivity contribution in [3.63, 3.8) is 0 Å². The highest BCUT2D eigenvalue weighted by Gasteiger charge is 2.17. The highest BCUT2D eigenvalue weighted by Crippen LogP contribution is 2.16. The van der Waals surface area contributed by atoms with E-state index in [1.54, 1.807) is 0 Å². The maximum absolute atomic E-state index is 11.0. The summed E-state index contributed by atoms with van der Waals surface area (Å²) in [6.45, 7) is 1.13. The van der Waals surface area contributed by atoms with Gasteiger partial charge in [0.15, 0.2) is 6.29 Å². The molecule has 1 saturated heterocycles. The third-order valence-electron chi connectivity index (χ3n) is 2.76. The Morgan fingerprint density at radius 3 is 2.78 bits per heavy atom. The van der Waals surface area contributed by atoms with E-state index in [4.69, 9.17) is 9.57 Å². The van der Waals surface area contributed by atoms with Gasteiger partial charge in [-0.1, -0.05) is 28.1 Å². The summed E-state index contributed by atoms with van der Waals surface area (Å²) in [7, 11) is 0. The summed E-state index contributed by atoms with van der Waals surface area (Å²) in [6.07, 6.45) is 3.38. The molecule has 98 valence electrons. The van der Waals surface area contributed by atoms with Gasteiger partial charge in [0.25, 0.3) is 0 Å². The number of nitrogens with zero attached hydrogens (tertiary/aromatic N) is 1. The number of hydrogen-bond acceptors (Lipinski definition) is 3. The van der Waals surface area contributed by atoms with Crippen LogP contribution in [0.25, 0.3) is 0 Å². The van der Waals surface area contributed by atoms with Crippen LogP contribution >= 0.6 is 15.9 Å². The molecule has 2 rings (SSSR count). The van der Waals surface area contributed by atoms with Crippen molar-refractivity contribution in [2.75, 3.05) is 6.61 Å². The van der Waals surface area contributed by atoms with E-state index in [2.05, 4.69) is 15.9 Å². The average molecular weight is 314 g/mol. The second-order valence-electron chi connectivity index (χ2n) is 4.21. The molecule has 1 amide bonds. The van der Waals surface area contributed by atoms with Crippen LogP contribution in [0.4, 0.5) is 0 Å². The fraction of sp³-hybridized carbons (Fsp3) is 0.462. The Bertz CT molecular complexity index is 376. The lowest BCUT2D eigenvalue weighted by Gasteiger charge is -2.27. The number of halogens is 1. The molecule has 1 aromatic carbocycles. The number of hydroxylamine groups is 2. The van der Waals surface area contributed by atoms with Gasteiger partial charge in [0, 0.05) is 17.5 Å². The lowest BCUT2D eigenvalue weighted by atomic mass is 10.2. The molecule has 18 heavy (non-hydrogen) atoms. The van der Waals surface area contributed by atoms with E-state index in [1.807, 2.05) is 24.3 Å². The summed E-state index contributed by atoms with van der Waals surface area (Å²) in [5.74, 6) is 0. The highest BCUT2D eigenvalue weighted by atomic mass is 79.9. The van der Waals surface area contributed by atoms with Gasteiger partial charge >= 0.3 is 0 Å². The van der Waals surface area contributed by atoms with E-state index in [0.717, 1.165) is 29.3 Å². The molecule has 1 unspecified atom stereocenters. The second kappa shape index (κ2) is 6.87. The summed E-state index contributed by atoms with van der Waals surface area (Å²) >= 11 is 3.37. The third kappa shape index (κ3) is 4.08. The molecule has 1 heterocycles. The van der Waals surface area contributed by atoms with Crippen LogP contribution in [0.5, 0.6) is 0 Å². The normalized spacial score (nSPS) is 19.5. The number of carbonyl (C=O) groups is 1. The summed E-state index contributed by atoms with van der Waals surface area (Å²) in [5, 5.41) is 1.29. The fourth-order valence-corrected chi connectivity index (χ4v) is 2.08. The monoisotopic (exact) mass is 313 g/mol. The lowest BCUT2D eigenvalue weighted by Crippen LogP contribution is -2.32. The number of carbonyl (C=O) groups excluding carboxylic acids is 1. The molecule has 1 fully saturated rings. The van der Waals surface area contributed by atoms with Crippen molar-refractivity contribution >= 4 is 22.3 Å². The molecule has 0 spiro atoms. The first kappa shape index (κ1) is 13.5. The van der Waals surface area contributed by atoms with Gasteiger partial charge in [0.2, 0.25) is 6.41 Å². The summed E-state index contributed by atoms with van der Waals surface area (Å²) in [6, 6.07) is 7.78. The molecule has 1 aliphatic heterocycles. The molecule has 1 atom stereocenters. The average Bonchev–Trinajstić information content (AvgIpc) is 2.41. The van der Waals surface area contributed by atoms with Crippen LogP contribution in [0, 0.1) is 0 Å². The van der Waals surface area contributed by atoms with Gasteiger partial charge in [0.1, 0.15) is 0 Å². The van der Waals surface area contributed by atoms with Gasteiger partial charge in [-0.3, -0.25) is 4.79 Å². The zero-order valence-corrected chi connectivity index (χ0v) is 11.6. The van der Waals surface area contributed by atoms with Crippen LogP contribution in [0.15, 0.2) is 28.7 Å². The topological polar surface area (TPSA) is 38.8 Å². The quantitative estimate of drug-likeness (QED) is 0.620. The zero-order valence-electron chi connectivity index (χ0n) is 10.0. The highest BCUT2D eigenvalue weighted by molar-refractivity contribution is 9.10. The fourth-order valence-electron chi connectivity index (χ4n) is 1.81. The van der Waals surface area contributed by atoms with Crippen LogP contribution in [-0.2, 0) is 20.9 Å². The number of benzene rings is 1. The van der Waals surface area contributed by atoms with Crippen molar-refractivity contribution in [1.29, 1.82) is 0 Å². The van der Waals surface area contributed by atoms with Gasteiger partial charge < -0.3 is 4.74 Å². The first-order valence-corrected chi connectivity index (χ1v) is 6.82. The Hall–Kier alpha value is -0.910. The molecule has 0 saturated carbocycles. The van der Waals surface area contributed by atoms with Gasteiger partial charge in [0.05, 0.1) is 6.54 Å². The van der Waals surface area contributed by atoms with Crippen LogP contribution in [-0.4, -0.2) is 24.4 Å². The maximum Gasteiger partial charge on any atom is 0.233 e. The van der Waals surface area contributed by atoms with Crippen molar-refractivity contribution in [3.05, 3.63) is 34.3 Å². The van der Waals surface area contributed by atoms with Crippen LogP contribution in [0.3, 0.4) is 0 Å². The van der Waals surface area contributed by atoms with Gasteiger partial charge in [-0.2, -0.15) is 0 Å². The minimum absolute atomic E-state index is 0.292. The van der Waals surface area contributed by atoms with E-state index >= 15 is 0 Å². The van der Waals surface area contributed by atoms with Gasteiger partial charge in [-0.05, 0) is 30.5 Å². The molecule has 4 nitrogen and oxygen atoms in total. The SMILES string of the molecule is O=CN(Cc1ccc(Br)cc1)OC1CCCCO1. The van der Waals surface area contributed by atoms with Crippen LogP contribution in [0.2, 0.25) is 0 Å². The molecule has 0 N–H and O–H groups in total. The smallest absolute Gasteiger partial charge is 0.233 e. The Labute approximate surface area is 115 Å². The number of hydrogen-bond donors (Lipinski definition) is 0. The molecule has 5 heteroatoms. The number of ether oxygens (including phenoxy) is 1.